The van der Waals surface area contributed by atoms with Crippen molar-refractivity contribution in [2.24, 2.45) is 0 Å². The molecule has 0 atom stereocenters. The third kappa shape index (κ3) is 3.95. The molecule has 2 N–H and O–H groups in total. The molecule has 0 saturated carbocycles. The summed E-state index contributed by atoms with van der Waals surface area (Å²) in [6, 6.07) is 9.51. The highest BCUT2D eigenvalue weighted by Crippen LogP contribution is 2.17. The summed E-state index contributed by atoms with van der Waals surface area (Å²) in [5.74, 6) is 5.40. The number of hydrogen-bond donors (Lipinski definition) is 2. The van der Waals surface area contributed by atoms with Gasteiger partial charge in [0.05, 0.1) is 12.1 Å². The maximum atomic E-state index is 12.0. The standard InChI is InChI=1S/C16H15NO2S/c1-12-6-7-15(13(10-12)4-2-8-18)17-16(19)11-14-5-3-9-20-14/h3,5-7,9-10,18H,8,11H2,1H3,(H,17,19). The molecule has 0 bridgehead atoms. The second-order valence-corrected chi connectivity index (χ2v) is 5.35. The van der Waals surface area contributed by atoms with E-state index in [9.17, 15) is 4.79 Å². The second-order valence-electron chi connectivity index (χ2n) is 4.31. The number of anilines is 1. The Morgan fingerprint density at radius 3 is 2.95 bits per heavy atom. The highest BCUT2D eigenvalue weighted by Gasteiger charge is 2.07. The normalized spacial score (nSPS) is 9.70. The fourth-order valence-electron chi connectivity index (χ4n) is 1.77. The van der Waals surface area contributed by atoms with Gasteiger partial charge in [-0.1, -0.05) is 24.0 Å². The monoisotopic (exact) mass is 285 g/mol. The lowest BCUT2D eigenvalue weighted by Gasteiger charge is -2.08. The minimum atomic E-state index is -0.198. The van der Waals surface area contributed by atoms with Gasteiger partial charge < -0.3 is 10.4 Å². The van der Waals surface area contributed by atoms with Crippen molar-refractivity contribution in [2.75, 3.05) is 11.9 Å². The highest BCUT2D eigenvalue weighted by molar-refractivity contribution is 7.10. The first-order chi connectivity index (χ1) is 9.69. The molecule has 102 valence electrons. The first kappa shape index (κ1) is 14.3. The summed E-state index contributed by atoms with van der Waals surface area (Å²) in [5, 5.41) is 13.6. The van der Waals surface area contributed by atoms with Crippen LogP contribution < -0.4 is 5.32 Å². The molecule has 0 aliphatic carbocycles. The zero-order valence-corrected chi connectivity index (χ0v) is 12.0. The van der Waals surface area contributed by atoms with Crippen molar-refractivity contribution in [3.63, 3.8) is 0 Å². The van der Waals surface area contributed by atoms with Crippen LogP contribution in [0.15, 0.2) is 35.7 Å². The molecule has 1 heterocycles. The number of hydrogen-bond acceptors (Lipinski definition) is 3. The van der Waals surface area contributed by atoms with Crippen LogP contribution >= 0.6 is 11.3 Å². The number of amides is 1. The molecule has 4 heteroatoms. The summed E-state index contributed by atoms with van der Waals surface area (Å²) >= 11 is 1.56. The van der Waals surface area contributed by atoms with Crippen LogP contribution in [0.1, 0.15) is 16.0 Å². The molecule has 1 amide bonds. The first-order valence-electron chi connectivity index (χ1n) is 6.21. The van der Waals surface area contributed by atoms with E-state index in [-0.39, 0.29) is 12.5 Å². The number of carbonyl (C=O) groups is 1. The van der Waals surface area contributed by atoms with Crippen LogP contribution in [0.5, 0.6) is 0 Å². The lowest BCUT2D eigenvalue weighted by atomic mass is 10.1. The minimum absolute atomic E-state index is 0.0663. The molecule has 0 unspecified atom stereocenters. The van der Waals surface area contributed by atoms with Gasteiger partial charge in [0, 0.05) is 10.4 Å². The van der Waals surface area contributed by atoms with Crippen LogP contribution in [-0.2, 0) is 11.2 Å². The van der Waals surface area contributed by atoms with Crippen LogP contribution in [0.25, 0.3) is 0 Å². The number of aliphatic hydroxyl groups excluding tert-OH is 1. The predicted octanol–water partition coefficient (Wildman–Crippen LogP) is 2.58. The van der Waals surface area contributed by atoms with Crippen molar-refractivity contribution in [3.05, 3.63) is 51.7 Å². The van der Waals surface area contributed by atoms with E-state index >= 15 is 0 Å². The number of rotatable bonds is 3. The Morgan fingerprint density at radius 1 is 1.40 bits per heavy atom. The molecule has 0 fully saturated rings. The maximum Gasteiger partial charge on any atom is 0.229 e. The maximum absolute atomic E-state index is 12.0. The van der Waals surface area contributed by atoms with Crippen molar-refractivity contribution < 1.29 is 9.90 Å². The molecule has 0 spiro atoms. The van der Waals surface area contributed by atoms with Gasteiger partial charge in [-0.05, 0) is 36.1 Å². The fourth-order valence-corrected chi connectivity index (χ4v) is 2.47. The molecule has 2 aromatic rings. The molecule has 0 aliphatic rings. The van der Waals surface area contributed by atoms with E-state index in [4.69, 9.17) is 5.11 Å². The van der Waals surface area contributed by atoms with Crippen LogP contribution in [0.3, 0.4) is 0 Å². The molecule has 2 rings (SSSR count). The molecule has 0 radical (unpaired) electrons. The van der Waals surface area contributed by atoms with Gasteiger partial charge in [-0.25, -0.2) is 0 Å². The Labute approximate surface area is 122 Å². The molecule has 0 saturated heterocycles. The van der Waals surface area contributed by atoms with Crippen molar-refractivity contribution >= 4 is 22.9 Å². The van der Waals surface area contributed by atoms with Gasteiger partial charge in [-0.3, -0.25) is 4.79 Å². The summed E-state index contributed by atoms with van der Waals surface area (Å²) in [7, 11) is 0. The Hall–Kier alpha value is -2.09. The van der Waals surface area contributed by atoms with Crippen LogP contribution in [-0.4, -0.2) is 17.6 Å². The number of nitrogens with one attached hydrogen (secondary N) is 1. The topological polar surface area (TPSA) is 49.3 Å². The Bertz CT molecular complexity index is 651. The largest absolute Gasteiger partial charge is 0.384 e. The molecule has 1 aromatic carbocycles. The van der Waals surface area contributed by atoms with Crippen LogP contribution in [0.2, 0.25) is 0 Å². The van der Waals surface area contributed by atoms with E-state index in [1.807, 2.05) is 42.6 Å². The Morgan fingerprint density at radius 2 is 2.25 bits per heavy atom. The predicted molar refractivity (Wildman–Crippen MR) is 81.8 cm³/mol. The molecule has 3 nitrogen and oxygen atoms in total. The molecule has 0 aliphatic heterocycles. The summed E-state index contributed by atoms with van der Waals surface area (Å²) in [6.45, 7) is 1.76. The highest BCUT2D eigenvalue weighted by atomic mass is 32.1. The van der Waals surface area contributed by atoms with Crippen molar-refractivity contribution in [2.45, 2.75) is 13.3 Å². The van der Waals surface area contributed by atoms with Gasteiger partial charge in [-0.2, -0.15) is 0 Å². The third-order valence-electron chi connectivity index (χ3n) is 2.67. The first-order valence-corrected chi connectivity index (χ1v) is 7.09. The molecule has 1 aromatic heterocycles. The van der Waals surface area contributed by atoms with Gasteiger partial charge in [0.15, 0.2) is 0 Å². The Balaban J connectivity index is 2.14. The van der Waals surface area contributed by atoms with E-state index in [0.29, 0.717) is 12.1 Å². The fraction of sp³-hybridized carbons (Fsp3) is 0.188. The average molecular weight is 285 g/mol. The van der Waals surface area contributed by atoms with Crippen molar-refractivity contribution in [1.82, 2.24) is 0 Å². The van der Waals surface area contributed by atoms with E-state index in [0.717, 1.165) is 16.0 Å². The average Bonchev–Trinajstić information content (AvgIpc) is 2.91. The number of thiophene rings is 1. The lowest BCUT2D eigenvalue weighted by Crippen LogP contribution is -2.14. The SMILES string of the molecule is Cc1ccc(NC(=O)Cc2cccs2)c(C#CCO)c1. The number of aliphatic hydroxyl groups is 1. The minimum Gasteiger partial charge on any atom is -0.384 e. The van der Waals surface area contributed by atoms with E-state index in [1.54, 1.807) is 11.3 Å². The smallest absolute Gasteiger partial charge is 0.229 e. The summed E-state index contributed by atoms with van der Waals surface area (Å²) in [6.07, 6.45) is 0.360. The van der Waals surface area contributed by atoms with Gasteiger partial charge >= 0.3 is 0 Å². The third-order valence-corrected chi connectivity index (χ3v) is 3.54. The summed E-state index contributed by atoms with van der Waals surface area (Å²) in [4.78, 5) is 13.0. The van der Waals surface area contributed by atoms with Crippen LogP contribution in [0, 0.1) is 18.8 Å². The molecular formula is C16H15NO2S. The molecule has 20 heavy (non-hydrogen) atoms. The van der Waals surface area contributed by atoms with Crippen LogP contribution in [0.4, 0.5) is 5.69 Å². The van der Waals surface area contributed by atoms with Crippen molar-refractivity contribution in [1.29, 1.82) is 0 Å². The van der Waals surface area contributed by atoms with Crippen molar-refractivity contribution in [3.8, 4) is 11.8 Å². The summed E-state index contributed by atoms with van der Waals surface area (Å²) < 4.78 is 0. The zero-order chi connectivity index (χ0) is 14.4. The van der Waals surface area contributed by atoms with Gasteiger partial charge in [0.25, 0.3) is 0 Å². The molecular weight excluding hydrogens is 270 g/mol. The van der Waals surface area contributed by atoms with E-state index in [2.05, 4.69) is 17.2 Å². The van der Waals surface area contributed by atoms with Gasteiger partial charge in [0.2, 0.25) is 5.91 Å². The zero-order valence-electron chi connectivity index (χ0n) is 11.1. The van der Waals surface area contributed by atoms with Gasteiger partial charge in [0.1, 0.15) is 6.61 Å². The Kier molecular flexibility index (Phi) is 4.94. The quantitative estimate of drug-likeness (QED) is 0.852. The number of benzene rings is 1. The lowest BCUT2D eigenvalue weighted by molar-refractivity contribution is -0.115. The van der Waals surface area contributed by atoms with E-state index in [1.165, 1.54) is 0 Å². The second kappa shape index (κ2) is 6.90. The van der Waals surface area contributed by atoms with Gasteiger partial charge in [-0.15, -0.1) is 11.3 Å². The van der Waals surface area contributed by atoms with E-state index < -0.39 is 0 Å². The number of carbonyl (C=O) groups excluding carboxylic acids is 1. The number of aryl methyl sites for hydroxylation is 1. The summed E-state index contributed by atoms with van der Waals surface area (Å²) in [5.41, 5.74) is 2.46.